The lowest BCUT2D eigenvalue weighted by Crippen LogP contribution is -2.65. The van der Waals surface area contributed by atoms with E-state index in [4.69, 9.17) is 11.5 Å². The van der Waals surface area contributed by atoms with E-state index in [0.29, 0.717) is 11.1 Å². The average Bonchev–Trinajstić information content (AvgIpc) is 3.29. The van der Waals surface area contributed by atoms with Crippen LogP contribution in [0.4, 0.5) is 0 Å². The fourth-order valence-corrected chi connectivity index (χ4v) is 5.47. The standard InChI is InChI=1S/C23H21N3O7/c24-17-11-7-8-6-10-9(12-2-1-5-26-12)3-4-13(27)15(10)18(28)14(8)20(30)23(11,33)21(31)16(19(17)29)22(25)32/h1-5,8,11,17,26-28,31,33H,6-7,24H2,(H2,25,32). The number of aliphatic hydroxyl groups excluding tert-OH is 2. The molecule has 0 spiro atoms. The van der Waals surface area contributed by atoms with Crippen LogP contribution in [0.2, 0.25) is 0 Å². The van der Waals surface area contributed by atoms with E-state index < -0.39 is 58.0 Å². The molecule has 10 nitrogen and oxygen atoms in total. The number of aromatic hydroxyl groups is 1. The second-order valence-corrected chi connectivity index (χ2v) is 8.65. The Bertz CT molecular complexity index is 1310. The Morgan fingerprint density at radius 3 is 2.52 bits per heavy atom. The molecular formula is C23H21N3O7. The molecule has 0 saturated heterocycles. The van der Waals surface area contributed by atoms with Gasteiger partial charge in [-0.05, 0) is 48.6 Å². The molecule has 3 aliphatic carbocycles. The minimum absolute atomic E-state index is 0.0378. The summed E-state index contributed by atoms with van der Waals surface area (Å²) in [7, 11) is 0. The second-order valence-electron chi connectivity index (χ2n) is 8.65. The Hall–Kier alpha value is -3.89. The van der Waals surface area contributed by atoms with Gasteiger partial charge in [-0.25, -0.2) is 0 Å². The van der Waals surface area contributed by atoms with E-state index in [-0.39, 0.29) is 29.7 Å². The summed E-state index contributed by atoms with van der Waals surface area (Å²) < 4.78 is 0. The summed E-state index contributed by atoms with van der Waals surface area (Å²) in [5.41, 5.74) is 9.41. The Labute approximate surface area is 186 Å². The van der Waals surface area contributed by atoms with Crippen molar-refractivity contribution in [1.29, 1.82) is 0 Å². The summed E-state index contributed by atoms with van der Waals surface area (Å²) in [6.45, 7) is 0. The van der Waals surface area contributed by atoms with Crippen LogP contribution in [0.15, 0.2) is 47.4 Å². The summed E-state index contributed by atoms with van der Waals surface area (Å²) in [6, 6.07) is 5.21. The molecule has 9 N–H and O–H groups in total. The minimum Gasteiger partial charge on any atom is -0.508 e. The quantitative estimate of drug-likeness (QED) is 0.317. The molecule has 1 fully saturated rings. The number of phenolic OH excluding ortho intramolecular Hbond substituents is 1. The van der Waals surface area contributed by atoms with Crippen molar-refractivity contribution >= 4 is 23.2 Å². The predicted molar refractivity (Wildman–Crippen MR) is 115 cm³/mol. The molecule has 0 bridgehead atoms. The summed E-state index contributed by atoms with van der Waals surface area (Å²) in [5, 5.41) is 43.5. The van der Waals surface area contributed by atoms with Gasteiger partial charge in [-0.15, -0.1) is 0 Å². The van der Waals surface area contributed by atoms with Gasteiger partial charge in [-0.3, -0.25) is 14.4 Å². The molecular weight excluding hydrogens is 430 g/mol. The van der Waals surface area contributed by atoms with Crippen LogP contribution >= 0.6 is 0 Å². The third-order valence-corrected chi connectivity index (χ3v) is 7.02. The number of fused-ring (bicyclic) bond motifs is 3. The van der Waals surface area contributed by atoms with Crippen molar-refractivity contribution < 1.29 is 34.8 Å². The number of rotatable bonds is 2. The lowest BCUT2D eigenvalue weighted by Gasteiger charge is -2.48. The van der Waals surface area contributed by atoms with Gasteiger partial charge < -0.3 is 36.9 Å². The maximum atomic E-state index is 13.5. The fraction of sp³-hybridized carbons (Fsp3) is 0.261. The number of carbonyl (C=O) groups excluding carboxylic acids is 3. The topological polar surface area (TPSA) is 200 Å². The highest BCUT2D eigenvalue weighted by Gasteiger charge is 2.63. The maximum absolute atomic E-state index is 13.5. The molecule has 1 aromatic carbocycles. The Balaban J connectivity index is 1.74. The molecule has 2 aromatic rings. The van der Waals surface area contributed by atoms with E-state index in [1.54, 1.807) is 18.3 Å². The van der Waals surface area contributed by atoms with Crippen molar-refractivity contribution in [2.45, 2.75) is 24.5 Å². The smallest absolute Gasteiger partial charge is 0.255 e. The van der Waals surface area contributed by atoms with Gasteiger partial charge in [0.25, 0.3) is 5.91 Å². The number of H-pyrrole nitrogens is 1. The number of phenols is 1. The monoisotopic (exact) mass is 451 g/mol. The first-order valence-electron chi connectivity index (χ1n) is 10.3. The highest BCUT2D eigenvalue weighted by atomic mass is 16.3. The van der Waals surface area contributed by atoms with E-state index in [1.807, 2.05) is 6.07 Å². The SMILES string of the molecule is NC(=O)C1=C(O)C2(O)C(=O)C3=C(O)c4c(O)ccc(-c5ccc[nH]5)c4CC3CC2C(N)C1=O. The first-order valence-corrected chi connectivity index (χ1v) is 10.3. The number of aromatic amines is 1. The molecule has 1 amide bonds. The molecule has 1 heterocycles. The minimum atomic E-state index is -2.71. The van der Waals surface area contributed by atoms with Gasteiger partial charge in [0.05, 0.1) is 11.6 Å². The Morgan fingerprint density at radius 1 is 1.15 bits per heavy atom. The van der Waals surface area contributed by atoms with Crippen molar-refractivity contribution in [2.75, 3.05) is 0 Å². The number of primary amides is 1. The molecule has 0 radical (unpaired) electrons. The Kier molecular flexibility index (Phi) is 4.33. The predicted octanol–water partition coefficient (Wildman–Crippen LogP) is 0.356. The van der Waals surface area contributed by atoms with E-state index >= 15 is 0 Å². The third kappa shape index (κ3) is 2.58. The lowest BCUT2D eigenvalue weighted by molar-refractivity contribution is -0.149. The average molecular weight is 451 g/mol. The molecule has 5 rings (SSSR count). The summed E-state index contributed by atoms with van der Waals surface area (Å²) in [5.74, 6) is -7.24. The highest BCUT2D eigenvalue weighted by Crippen LogP contribution is 2.52. The van der Waals surface area contributed by atoms with Gasteiger partial charge in [0, 0.05) is 28.9 Å². The van der Waals surface area contributed by atoms with Crippen LogP contribution < -0.4 is 11.5 Å². The van der Waals surface area contributed by atoms with Crippen LogP contribution in [0, 0.1) is 11.8 Å². The van der Waals surface area contributed by atoms with E-state index in [0.717, 1.165) is 5.69 Å². The molecule has 33 heavy (non-hydrogen) atoms. The number of amides is 1. The van der Waals surface area contributed by atoms with Crippen LogP contribution in [0.5, 0.6) is 5.75 Å². The van der Waals surface area contributed by atoms with Crippen LogP contribution in [0.3, 0.4) is 0 Å². The molecule has 1 aromatic heterocycles. The summed E-state index contributed by atoms with van der Waals surface area (Å²) >= 11 is 0. The van der Waals surface area contributed by atoms with Gasteiger partial charge in [-0.1, -0.05) is 0 Å². The molecule has 10 heteroatoms. The van der Waals surface area contributed by atoms with Gasteiger partial charge >= 0.3 is 0 Å². The van der Waals surface area contributed by atoms with E-state index in [2.05, 4.69) is 4.98 Å². The van der Waals surface area contributed by atoms with Gasteiger partial charge in [0.1, 0.15) is 22.8 Å². The van der Waals surface area contributed by atoms with E-state index in [1.165, 1.54) is 6.07 Å². The molecule has 170 valence electrons. The first-order chi connectivity index (χ1) is 15.6. The number of hydrogen-bond acceptors (Lipinski definition) is 8. The summed E-state index contributed by atoms with van der Waals surface area (Å²) in [4.78, 5) is 40.9. The van der Waals surface area contributed by atoms with Crippen LogP contribution in [0.25, 0.3) is 17.0 Å². The highest BCUT2D eigenvalue weighted by molar-refractivity contribution is 6.24. The zero-order valence-corrected chi connectivity index (χ0v) is 17.2. The normalized spacial score (nSPS) is 29.0. The molecule has 0 aliphatic heterocycles. The zero-order valence-electron chi connectivity index (χ0n) is 17.2. The number of hydrogen-bond donors (Lipinski definition) is 7. The molecule has 4 atom stereocenters. The van der Waals surface area contributed by atoms with Crippen molar-refractivity contribution in [1.82, 2.24) is 4.98 Å². The fourth-order valence-electron chi connectivity index (χ4n) is 5.47. The number of ketones is 2. The number of Topliss-reactive ketones (excluding diaryl/α,β-unsaturated/α-hetero) is 2. The van der Waals surface area contributed by atoms with Crippen LogP contribution in [-0.4, -0.2) is 54.5 Å². The second kappa shape index (κ2) is 6.80. The van der Waals surface area contributed by atoms with Crippen molar-refractivity contribution in [3.63, 3.8) is 0 Å². The Morgan fingerprint density at radius 2 is 1.88 bits per heavy atom. The van der Waals surface area contributed by atoms with Crippen LogP contribution in [0.1, 0.15) is 17.5 Å². The van der Waals surface area contributed by atoms with Crippen molar-refractivity contribution in [3.8, 4) is 17.0 Å². The van der Waals surface area contributed by atoms with Crippen molar-refractivity contribution in [3.05, 3.63) is 58.5 Å². The van der Waals surface area contributed by atoms with E-state index in [9.17, 15) is 34.8 Å². The number of nitrogens with two attached hydrogens (primary N) is 2. The van der Waals surface area contributed by atoms with Gasteiger partial charge in [-0.2, -0.15) is 0 Å². The number of carbonyl (C=O) groups is 3. The molecule has 1 saturated carbocycles. The maximum Gasteiger partial charge on any atom is 0.255 e. The first kappa shape index (κ1) is 21.0. The third-order valence-electron chi connectivity index (χ3n) is 7.02. The van der Waals surface area contributed by atoms with Gasteiger partial charge in [0.15, 0.2) is 11.4 Å². The largest absolute Gasteiger partial charge is 0.508 e. The zero-order chi connectivity index (χ0) is 23.8. The number of aliphatic hydroxyl groups is 3. The number of aromatic nitrogens is 1. The van der Waals surface area contributed by atoms with Gasteiger partial charge in [0.2, 0.25) is 5.78 Å². The lowest BCUT2D eigenvalue weighted by atomic mass is 9.57. The van der Waals surface area contributed by atoms with Crippen LogP contribution in [-0.2, 0) is 20.8 Å². The molecule has 3 aliphatic rings. The van der Waals surface area contributed by atoms with Crippen molar-refractivity contribution in [2.24, 2.45) is 23.3 Å². The molecule has 4 unspecified atom stereocenters. The number of nitrogens with one attached hydrogen (secondary N) is 1. The summed E-state index contributed by atoms with van der Waals surface area (Å²) in [6.07, 6.45) is 1.88. The number of benzene rings is 1.